The van der Waals surface area contributed by atoms with Crippen molar-refractivity contribution in [1.82, 2.24) is 10.2 Å². The molecule has 0 saturated carbocycles. The molecule has 1 N–H and O–H groups in total. The SMILES string of the molecule is CCCN(C(=O)c1ccc2c(c1)CCC2)C1CCNC1. The molecule has 1 saturated heterocycles. The largest absolute Gasteiger partial charge is 0.334 e. The minimum atomic E-state index is 0.218. The van der Waals surface area contributed by atoms with Gasteiger partial charge in [0.2, 0.25) is 0 Å². The molecule has 1 fully saturated rings. The van der Waals surface area contributed by atoms with E-state index in [-0.39, 0.29) is 5.91 Å². The van der Waals surface area contributed by atoms with E-state index in [9.17, 15) is 4.79 Å². The fourth-order valence-corrected chi connectivity index (χ4v) is 3.47. The number of nitrogens with zero attached hydrogens (tertiary/aromatic N) is 1. The molecule has 1 heterocycles. The van der Waals surface area contributed by atoms with Crippen molar-refractivity contribution in [3.05, 3.63) is 34.9 Å². The van der Waals surface area contributed by atoms with Gasteiger partial charge in [0.25, 0.3) is 5.91 Å². The second-order valence-electron chi connectivity index (χ2n) is 5.98. The van der Waals surface area contributed by atoms with Gasteiger partial charge < -0.3 is 10.2 Å². The lowest BCUT2D eigenvalue weighted by Crippen LogP contribution is -2.42. The first kappa shape index (κ1) is 13.6. The predicted molar refractivity (Wildman–Crippen MR) is 81.1 cm³/mol. The quantitative estimate of drug-likeness (QED) is 0.913. The van der Waals surface area contributed by atoms with Crippen LogP contribution in [0.25, 0.3) is 0 Å². The zero-order chi connectivity index (χ0) is 13.9. The molecular formula is C17H24N2O. The van der Waals surface area contributed by atoms with Crippen LogP contribution in [0.3, 0.4) is 0 Å². The molecule has 0 spiro atoms. The lowest BCUT2D eigenvalue weighted by Gasteiger charge is -2.28. The molecule has 0 bridgehead atoms. The van der Waals surface area contributed by atoms with E-state index in [1.54, 1.807) is 0 Å². The van der Waals surface area contributed by atoms with Crippen molar-refractivity contribution in [2.24, 2.45) is 0 Å². The number of amides is 1. The van der Waals surface area contributed by atoms with Gasteiger partial charge in [-0.3, -0.25) is 4.79 Å². The van der Waals surface area contributed by atoms with Crippen LogP contribution < -0.4 is 5.32 Å². The first-order chi connectivity index (χ1) is 9.79. The van der Waals surface area contributed by atoms with E-state index in [1.807, 2.05) is 6.07 Å². The monoisotopic (exact) mass is 272 g/mol. The Morgan fingerprint density at radius 3 is 2.95 bits per heavy atom. The van der Waals surface area contributed by atoms with Crippen molar-refractivity contribution >= 4 is 5.91 Å². The summed E-state index contributed by atoms with van der Waals surface area (Å²) in [5, 5.41) is 3.37. The van der Waals surface area contributed by atoms with Crippen molar-refractivity contribution in [2.75, 3.05) is 19.6 Å². The number of benzene rings is 1. The Kier molecular flexibility index (Phi) is 4.06. The summed E-state index contributed by atoms with van der Waals surface area (Å²) < 4.78 is 0. The Morgan fingerprint density at radius 2 is 2.20 bits per heavy atom. The molecule has 1 aromatic rings. The molecule has 2 aliphatic rings. The number of nitrogens with one attached hydrogen (secondary N) is 1. The van der Waals surface area contributed by atoms with Gasteiger partial charge in [0.05, 0.1) is 0 Å². The van der Waals surface area contributed by atoms with Crippen molar-refractivity contribution in [3.63, 3.8) is 0 Å². The molecule has 1 amide bonds. The summed E-state index contributed by atoms with van der Waals surface area (Å²) in [6, 6.07) is 6.69. The predicted octanol–water partition coefficient (Wildman–Crippen LogP) is 2.39. The number of hydrogen-bond donors (Lipinski definition) is 1. The van der Waals surface area contributed by atoms with E-state index in [4.69, 9.17) is 0 Å². The molecule has 1 aliphatic carbocycles. The second kappa shape index (κ2) is 5.96. The summed E-state index contributed by atoms with van der Waals surface area (Å²) in [5.74, 6) is 0.218. The van der Waals surface area contributed by atoms with Crippen LogP contribution in [-0.4, -0.2) is 36.5 Å². The van der Waals surface area contributed by atoms with Crippen LogP contribution in [0, 0.1) is 0 Å². The summed E-state index contributed by atoms with van der Waals surface area (Å²) in [5.41, 5.74) is 3.70. The highest BCUT2D eigenvalue weighted by molar-refractivity contribution is 5.94. The standard InChI is InChI=1S/C17H24N2O/c1-2-10-19(16-8-9-18-12-16)17(20)15-7-6-13-4-3-5-14(13)11-15/h6-7,11,16,18H,2-5,8-10,12H2,1H3. The highest BCUT2D eigenvalue weighted by Crippen LogP contribution is 2.24. The molecule has 1 atom stereocenters. The average Bonchev–Trinajstić information content (AvgIpc) is 3.13. The molecule has 108 valence electrons. The van der Waals surface area contributed by atoms with Crippen LogP contribution in [-0.2, 0) is 12.8 Å². The molecule has 0 aromatic heterocycles. The summed E-state index contributed by atoms with van der Waals surface area (Å²) in [6.07, 6.45) is 5.65. The molecular weight excluding hydrogens is 248 g/mol. The maximum absolute atomic E-state index is 12.8. The minimum Gasteiger partial charge on any atom is -0.334 e. The number of rotatable bonds is 4. The van der Waals surface area contributed by atoms with Crippen molar-refractivity contribution < 1.29 is 4.79 Å². The molecule has 20 heavy (non-hydrogen) atoms. The van der Waals surface area contributed by atoms with Crippen LogP contribution in [0.2, 0.25) is 0 Å². The van der Waals surface area contributed by atoms with Crippen molar-refractivity contribution in [2.45, 2.75) is 45.1 Å². The van der Waals surface area contributed by atoms with Gasteiger partial charge in [0.15, 0.2) is 0 Å². The van der Waals surface area contributed by atoms with Crippen LogP contribution in [0.15, 0.2) is 18.2 Å². The van der Waals surface area contributed by atoms with E-state index in [0.29, 0.717) is 6.04 Å². The lowest BCUT2D eigenvalue weighted by atomic mass is 10.0. The zero-order valence-electron chi connectivity index (χ0n) is 12.3. The number of hydrogen-bond acceptors (Lipinski definition) is 2. The zero-order valence-corrected chi connectivity index (χ0v) is 12.3. The lowest BCUT2D eigenvalue weighted by molar-refractivity contribution is 0.0692. The number of carbonyl (C=O) groups is 1. The Morgan fingerprint density at radius 1 is 1.35 bits per heavy atom. The molecule has 0 radical (unpaired) electrons. The van der Waals surface area contributed by atoms with E-state index >= 15 is 0 Å². The van der Waals surface area contributed by atoms with Gasteiger partial charge in [0.1, 0.15) is 0 Å². The van der Waals surface area contributed by atoms with Crippen LogP contribution in [0.5, 0.6) is 0 Å². The third-order valence-electron chi connectivity index (χ3n) is 4.55. The summed E-state index contributed by atoms with van der Waals surface area (Å²) in [7, 11) is 0. The average molecular weight is 272 g/mol. The summed E-state index contributed by atoms with van der Waals surface area (Å²) in [4.78, 5) is 14.9. The minimum absolute atomic E-state index is 0.218. The van der Waals surface area contributed by atoms with Gasteiger partial charge in [-0.05, 0) is 61.9 Å². The first-order valence-electron chi connectivity index (χ1n) is 7.93. The van der Waals surface area contributed by atoms with Gasteiger partial charge in [-0.25, -0.2) is 0 Å². The molecule has 1 aromatic carbocycles. The maximum Gasteiger partial charge on any atom is 0.254 e. The van der Waals surface area contributed by atoms with Crippen LogP contribution in [0.4, 0.5) is 0 Å². The molecule has 3 nitrogen and oxygen atoms in total. The van der Waals surface area contributed by atoms with E-state index < -0.39 is 0 Å². The van der Waals surface area contributed by atoms with Gasteiger partial charge in [-0.2, -0.15) is 0 Å². The fourth-order valence-electron chi connectivity index (χ4n) is 3.47. The van der Waals surface area contributed by atoms with Gasteiger partial charge in [-0.15, -0.1) is 0 Å². The Bertz CT molecular complexity index is 492. The van der Waals surface area contributed by atoms with Crippen molar-refractivity contribution in [3.8, 4) is 0 Å². The van der Waals surface area contributed by atoms with Gasteiger partial charge in [0, 0.05) is 24.7 Å². The second-order valence-corrected chi connectivity index (χ2v) is 5.98. The first-order valence-corrected chi connectivity index (χ1v) is 7.93. The van der Waals surface area contributed by atoms with Crippen molar-refractivity contribution in [1.29, 1.82) is 0 Å². The smallest absolute Gasteiger partial charge is 0.254 e. The topological polar surface area (TPSA) is 32.3 Å². The Hall–Kier alpha value is -1.35. The summed E-state index contributed by atoms with van der Waals surface area (Å²) in [6.45, 7) is 4.98. The molecule has 3 heteroatoms. The number of aryl methyl sites for hydroxylation is 2. The van der Waals surface area contributed by atoms with E-state index in [1.165, 1.54) is 24.0 Å². The molecule has 1 unspecified atom stereocenters. The highest BCUT2D eigenvalue weighted by Gasteiger charge is 2.27. The number of carbonyl (C=O) groups excluding carboxylic acids is 1. The molecule has 3 rings (SSSR count). The van der Waals surface area contributed by atoms with Crippen LogP contribution in [0.1, 0.15) is 47.7 Å². The normalized spacial score (nSPS) is 20.9. The third-order valence-corrected chi connectivity index (χ3v) is 4.55. The highest BCUT2D eigenvalue weighted by atomic mass is 16.2. The van der Waals surface area contributed by atoms with Crippen LogP contribution >= 0.6 is 0 Å². The maximum atomic E-state index is 12.8. The Balaban J connectivity index is 1.81. The number of fused-ring (bicyclic) bond motifs is 1. The van der Waals surface area contributed by atoms with E-state index in [0.717, 1.165) is 44.5 Å². The van der Waals surface area contributed by atoms with E-state index in [2.05, 4.69) is 29.3 Å². The Labute approximate surface area is 121 Å². The van der Waals surface area contributed by atoms with Gasteiger partial charge in [-0.1, -0.05) is 13.0 Å². The molecule has 1 aliphatic heterocycles. The fraction of sp³-hybridized carbons (Fsp3) is 0.588. The third kappa shape index (κ3) is 2.59. The van der Waals surface area contributed by atoms with Gasteiger partial charge >= 0.3 is 0 Å². The summed E-state index contributed by atoms with van der Waals surface area (Å²) >= 11 is 0.